The summed E-state index contributed by atoms with van der Waals surface area (Å²) in [6.07, 6.45) is 12.5. The molecule has 0 aliphatic carbocycles. The minimum absolute atomic E-state index is 0.705. The summed E-state index contributed by atoms with van der Waals surface area (Å²) >= 11 is 0. The number of nitrogens with zero attached hydrogens (tertiary/aromatic N) is 1. The summed E-state index contributed by atoms with van der Waals surface area (Å²) < 4.78 is 0. The van der Waals surface area contributed by atoms with E-state index in [0.717, 1.165) is 19.3 Å². The molecule has 0 rings (SSSR count). The second-order valence-electron chi connectivity index (χ2n) is 2.75. The molecular weight excluding hydrogens is 146 g/mol. The summed E-state index contributed by atoms with van der Waals surface area (Å²) in [7, 11) is 0. The van der Waals surface area contributed by atoms with Crippen molar-refractivity contribution in [3.05, 3.63) is 24.8 Å². The lowest BCUT2D eigenvalue weighted by molar-refractivity contribution is 0.699. The van der Waals surface area contributed by atoms with Gasteiger partial charge in [0.1, 0.15) is 0 Å². The first-order chi connectivity index (χ1) is 5.91. The van der Waals surface area contributed by atoms with Gasteiger partial charge in [0.15, 0.2) is 0 Å². The first kappa shape index (κ1) is 11.0. The smallest absolute Gasteiger partial charge is 0.0621 e. The second-order valence-corrected chi connectivity index (χ2v) is 2.75. The van der Waals surface area contributed by atoms with E-state index in [1.807, 2.05) is 6.08 Å². The van der Waals surface area contributed by atoms with Crippen LogP contribution in [0.3, 0.4) is 0 Å². The van der Waals surface area contributed by atoms with Gasteiger partial charge in [0.2, 0.25) is 0 Å². The molecule has 0 saturated heterocycles. The van der Waals surface area contributed by atoms with E-state index in [9.17, 15) is 0 Å². The van der Waals surface area contributed by atoms with Crippen LogP contribution in [-0.4, -0.2) is 0 Å². The highest BCUT2D eigenvalue weighted by Crippen LogP contribution is 2.03. The first-order valence-electron chi connectivity index (χ1n) is 4.54. The molecule has 0 bridgehead atoms. The molecule has 0 atom stereocenters. The molecule has 0 radical (unpaired) electrons. The summed E-state index contributed by atoms with van der Waals surface area (Å²) in [5.41, 5.74) is 0. The van der Waals surface area contributed by atoms with Crippen LogP contribution >= 0.6 is 0 Å². The van der Waals surface area contributed by atoms with Gasteiger partial charge in [-0.05, 0) is 25.7 Å². The van der Waals surface area contributed by atoms with Crippen LogP contribution in [0, 0.1) is 11.3 Å². The summed E-state index contributed by atoms with van der Waals surface area (Å²) in [6.45, 7) is 3.63. The zero-order chi connectivity index (χ0) is 9.07. The van der Waals surface area contributed by atoms with E-state index < -0.39 is 0 Å². The highest BCUT2D eigenvalue weighted by molar-refractivity contribution is 4.88. The van der Waals surface area contributed by atoms with Gasteiger partial charge in [-0.2, -0.15) is 5.26 Å². The Labute approximate surface area is 75.4 Å². The van der Waals surface area contributed by atoms with Crippen LogP contribution in [-0.2, 0) is 0 Å². The molecule has 0 aromatic rings. The van der Waals surface area contributed by atoms with Crippen molar-refractivity contribution in [2.45, 2.75) is 38.5 Å². The number of rotatable bonds is 7. The van der Waals surface area contributed by atoms with Crippen molar-refractivity contribution >= 4 is 0 Å². The van der Waals surface area contributed by atoms with Crippen LogP contribution < -0.4 is 0 Å². The molecule has 0 N–H and O–H groups in total. The largest absolute Gasteiger partial charge is 0.198 e. The van der Waals surface area contributed by atoms with Crippen LogP contribution in [0.25, 0.3) is 0 Å². The van der Waals surface area contributed by atoms with E-state index in [-0.39, 0.29) is 0 Å². The molecule has 1 nitrogen and oxygen atoms in total. The molecule has 12 heavy (non-hydrogen) atoms. The molecule has 0 fully saturated rings. The maximum atomic E-state index is 8.26. The van der Waals surface area contributed by atoms with E-state index in [0.29, 0.717) is 6.42 Å². The van der Waals surface area contributed by atoms with Crippen LogP contribution in [0.5, 0.6) is 0 Å². The van der Waals surface area contributed by atoms with Gasteiger partial charge in [0.25, 0.3) is 0 Å². The second kappa shape index (κ2) is 9.97. The first-order valence-corrected chi connectivity index (χ1v) is 4.54. The maximum absolute atomic E-state index is 8.26. The van der Waals surface area contributed by atoms with Crippen molar-refractivity contribution in [3.63, 3.8) is 0 Å². The SMILES string of the molecule is C=CCC=CCCCCCC#N. The van der Waals surface area contributed by atoms with Crippen LogP contribution in [0.2, 0.25) is 0 Å². The number of nitriles is 1. The Morgan fingerprint density at radius 2 is 2.00 bits per heavy atom. The summed E-state index contributed by atoms with van der Waals surface area (Å²) in [6, 6.07) is 2.15. The summed E-state index contributed by atoms with van der Waals surface area (Å²) in [5.74, 6) is 0. The van der Waals surface area contributed by atoms with Crippen molar-refractivity contribution in [2.24, 2.45) is 0 Å². The Balaban J connectivity index is 3.00. The predicted octanol–water partition coefficient (Wildman–Crippen LogP) is 3.59. The Morgan fingerprint density at radius 3 is 2.67 bits per heavy atom. The van der Waals surface area contributed by atoms with Crippen molar-refractivity contribution < 1.29 is 0 Å². The van der Waals surface area contributed by atoms with E-state index in [4.69, 9.17) is 5.26 Å². The highest BCUT2D eigenvalue weighted by Gasteiger charge is 1.85. The molecule has 0 aliphatic heterocycles. The van der Waals surface area contributed by atoms with Gasteiger partial charge in [-0.1, -0.05) is 24.6 Å². The molecule has 0 unspecified atom stereocenters. The van der Waals surface area contributed by atoms with Gasteiger partial charge >= 0.3 is 0 Å². The molecule has 0 aliphatic rings. The van der Waals surface area contributed by atoms with Gasteiger partial charge in [0.05, 0.1) is 6.07 Å². The normalized spacial score (nSPS) is 9.92. The molecule has 0 saturated carbocycles. The van der Waals surface area contributed by atoms with Crippen molar-refractivity contribution in [2.75, 3.05) is 0 Å². The Morgan fingerprint density at radius 1 is 1.17 bits per heavy atom. The standard InChI is InChI=1S/C11H17N/c1-2-3-4-5-6-7-8-9-10-11-12/h2,4-5H,1,3,6-10H2. The molecule has 1 heteroatoms. The fraction of sp³-hybridized carbons (Fsp3) is 0.545. The Kier molecular flexibility index (Phi) is 9.11. The third-order valence-corrected chi connectivity index (χ3v) is 1.63. The van der Waals surface area contributed by atoms with Gasteiger partial charge in [0, 0.05) is 6.42 Å². The predicted molar refractivity (Wildman–Crippen MR) is 52.7 cm³/mol. The van der Waals surface area contributed by atoms with Crippen molar-refractivity contribution in [1.82, 2.24) is 0 Å². The van der Waals surface area contributed by atoms with Gasteiger partial charge in [-0.3, -0.25) is 0 Å². The maximum Gasteiger partial charge on any atom is 0.0621 e. The minimum atomic E-state index is 0.705. The van der Waals surface area contributed by atoms with E-state index >= 15 is 0 Å². The summed E-state index contributed by atoms with van der Waals surface area (Å²) in [5, 5.41) is 8.26. The monoisotopic (exact) mass is 163 g/mol. The van der Waals surface area contributed by atoms with E-state index in [2.05, 4.69) is 24.8 Å². The molecule has 0 amide bonds. The third kappa shape index (κ3) is 8.97. The van der Waals surface area contributed by atoms with E-state index in [1.54, 1.807) is 0 Å². The summed E-state index contributed by atoms with van der Waals surface area (Å²) in [4.78, 5) is 0. The zero-order valence-corrected chi connectivity index (χ0v) is 7.63. The lowest BCUT2D eigenvalue weighted by atomic mass is 10.1. The van der Waals surface area contributed by atoms with Crippen LogP contribution in [0.4, 0.5) is 0 Å². The topological polar surface area (TPSA) is 23.8 Å². The average Bonchev–Trinajstić information content (AvgIpc) is 2.10. The third-order valence-electron chi connectivity index (χ3n) is 1.63. The fourth-order valence-corrected chi connectivity index (χ4v) is 0.953. The number of hydrogen-bond donors (Lipinski definition) is 0. The Hall–Kier alpha value is -1.03. The lowest BCUT2D eigenvalue weighted by Crippen LogP contribution is -1.74. The fourth-order valence-electron chi connectivity index (χ4n) is 0.953. The average molecular weight is 163 g/mol. The quantitative estimate of drug-likeness (QED) is 0.415. The van der Waals surface area contributed by atoms with Crippen LogP contribution in [0.15, 0.2) is 24.8 Å². The van der Waals surface area contributed by atoms with Crippen molar-refractivity contribution in [1.29, 1.82) is 5.26 Å². The van der Waals surface area contributed by atoms with Crippen LogP contribution in [0.1, 0.15) is 38.5 Å². The zero-order valence-electron chi connectivity index (χ0n) is 7.63. The van der Waals surface area contributed by atoms with E-state index in [1.165, 1.54) is 12.8 Å². The molecular formula is C11H17N. The van der Waals surface area contributed by atoms with Gasteiger partial charge in [-0.15, -0.1) is 6.58 Å². The molecule has 0 spiro atoms. The molecule has 0 aromatic heterocycles. The van der Waals surface area contributed by atoms with Gasteiger partial charge in [-0.25, -0.2) is 0 Å². The lowest BCUT2D eigenvalue weighted by Gasteiger charge is -1.92. The van der Waals surface area contributed by atoms with Gasteiger partial charge < -0.3 is 0 Å². The number of allylic oxidation sites excluding steroid dienone is 3. The highest BCUT2D eigenvalue weighted by atomic mass is 14.2. The number of hydrogen-bond acceptors (Lipinski definition) is 1. The molecule has 66 valence electrons. The molecule has 0 aromatic carbocycles. The number of unbranched alkanes of at least 4 members (excludes halogenated alkanes) is 4. The minimum Gasteiger partial charge on any atom is -0.198 e. The molecule has 0 heterocycles. The van der Waals surface area contributed by atoms with Crippen molar-refractivity contribution in [3.8, 4) is 6.07 Å². The Bertz CT molecular complexity index is 162.